The minimum absolute atomic E-state index is 0.305. The number of imide groups is 1. The highest BCUT2D eigenvalue weighted by Gasteiger charge is 2.54. The van der Waals surface area contributed by atoms with Crippen molar-refractivity contribution in [3.05, 3.63) is 58.1 Å². The summed E-state index contributed by atoms with van der Waals surface area (Å²) in [6.07, 6.45) is 0. The molecular formula is C20H16BrNO4. The number of benzene rings is 2. The Hall–Kier alpha value is -2.47. The number of carbonyl (C=O) groups excluding carboxylic acids is 3. The van der Waals surface area contributed by atoms with Crippen LogP contribution in [0.2, 0.25) is 0 Å². The smallest absolute Gasteiger partial charge is 0.324 e. The second-order valence-corrected chi connectivity index (χ2v) is 7.66. The zero-order valence-electron chi connectivity index (χ0n) is 14.2. The Labute approximate surface area is 159 Å². The number of nitrogens with zero attached hydrogens (tertiary/aromatic N) is 1. The summed E-state index contributed by atoms with van der Waals surface area (Å²) in [7, 11) is 0. The van der Waals surface area contributed by atoms with Crippen molar-refractivity contribution in [2.24, 2.45) is 11.8 Å². The molecule has 0 aliphatic carbocycles. The van der Waals surface area contributed by atoms with Crippen LogP contribution in [0.15, 0.2) is 46.9 Å². The van der Waals surface area contributed by atoms with E-state index >= 15 is 0 Å². The predicted octanol–water partition coefficient (Wildman–Crippen LogP) is 3.59. The lowest BCUT2D eigenvalue weighted by molar-refractivity contribution is -0.151. The number of aryl methyl sites for hydroxylation is 1. The first-order valence-electron chi connectivity index (χ1n) is 8.34. The van der Waals surface area contributed by atoms with Crippen LogP contribution in [0.25, 0.3) is 0 Å². The van der Waals surface area contributed by atoms with Gasteiger partial charge in [0.15, 0.2) is 0 Å². The molecule has 0 aromatic heterocycles. The minimum Gasteiger partial charge on any atom is -0.426 e. The minimum atomic E-state index is -1.02. The Morgan fingerprint density at radius 2 is 1.69 bits per heavy atom. The molecule has 1 saturated heterocycles. The Kier molecular flexibility index (Phi) is 3.95. The van der Waals surface area contributed by atoms with Gasteiger partial charge in [0.25, 0.3) is 0 Å². The molecule has 2 aromatic rings. The van der Waals surface area contributed by atoms with Crippen LogP contribution in [0.1, 0.15) is 24.0 Å². The van der Waals surface area contributed by atoms with Gasteiger partial charge in [0, 0.05) is 21.9 Å². The zero-order valence-corrected chi connectivity index (χ0v) is 15.8. The molecular weight excluding hydrogens is 398 g/mol. The number of piperidine rings is 1. The second-order valence-electron chi connectivity index (χ2n) is 6.74. The van der Waals surface area contributed by atoms with E-state index in [2.05, 4.69) is 15.9 Å². The van der Waals surface area contributed by atoms with Crippen LogP contribution in [0, 0.1) is 18.8 Å². The zero-order chi connectivity index (χ0) is 18.6. The number of amides is 2. The van der Waals surface area contributed by atoms with E-state index in [0.717, 1.165) is 14.9 Å². The van der Waals surface area contributed by atoms with Gasteiger partial charge < -0.3 is 4.74 Å². The molecule has 2 aromatic carbocycles. The van der Waals surface area contributed by atoms with Gasteiger partial charge in [-0.1, -0.05) is 40.5 Å². The Morgan fingerprint density at radius 1 is 1.00 bits per heavy atom. The summed E-state index contributed by atoms with van der Waals surface area (Å²) < 4.78 is 6.20. The quantitative estimate of drug-likeness (QED) is 0.310. The van der Waals surface area contributed by atoms with E-state index in [1.54, 1.807) is 31.2 Å². The van der Waals surface area contributed by atoms with E-state index in [4.69, 9.17) is 4.74 Å². The van der Waals surface area contributed by atoms with Crippen LogP contribution in [0.4, 0.5) is 5.69 Å². The molecule has 2 heterocycles. The summed E-state index contributed by atoms with van der Waals surface area (Å²) in [4.78, 5) is 39.8. The van der Waals surface area contributed by atoms with Gasteiger partial charge in [-0.3, -0.25) is 14.4 Å². The van der Waals surface area contributed by atoms with Crippen LogP contribution in [0.3, 0.4) is 0 Å². The van der Waals surface area contributed by atoms with E-state index in [0.29, 0.717) is 17.0 Å². The third-order valence-corrected chi connectivity index (χ3v) is 5.58. The van der Waals surface area contributed by atoms with Crippen LogP contribution in [0.5, 0.6) is 5.75 Å². The lowest BCUT2D eigenvalue weighted by Gasteiger charge is -2.42. The molecule has 0 N–H and O–H groups in total. The highest BCUT2D eigenvalue weighted by molar-refractivity contribution is 9.10. The van der Waals surface area contributed by atoms with Crippen molar-refractivity contribution in [1.82, 2.24) is 0 Å². The average Bonchev–Trinajstić information content (AvgIpc) is 2.61. The predicted molar refractivity (Wildman–Crippen MR) is 98.8 cm³/mol. The third kappa shape index (κ3) is 2.48. The Bertz CT molecular complexity index is 937. The van der Waals surface area contributed by atoms with Crippen LogP contribution < -0.4 is 9.64 Å². The van der Waals surface area contributed by atoms with Crippen LogP contribution in [-0.2, 0) is 14.4 Å². The number of ether oxygens (including phenoxy) is 1. The fourth-order valence-electron chi connectivity index (χ4n) is 3.74. The average molecular weight is 414 g/mol. The van der Waals surface area contributed by atoms with Crippen molar-refractivity contribution in [3.8, 4) is 5.75 Å². The van der Waals surface area contributed by atoms with Gasteiger partial charge in [0.05, 0.1) is 5.69 Å². The Morgan fingerprint density at radius 3 is 2.38 bits per heavy atom. The topological polar surface area (TPSA) is 63.7 Å². The number of hydrogen-bond acceptors (Lipinski definition) is 4. The second kappa shape index (κ2) is 6.06. The number of anilines is 1. The van der Waals surface area contributed by atoms with Gasteiger partial charge in [-0.15, -0.1) is 0 Å². The summed E-state index contributed by atoms with van der Waals surface area (Å²) >= 11 is 3.41. The number of halogens is 1. The van der Waals surface area contributed by atoms with E-state index < -0.39 is 29.6 Å². The van der Waals surface area contributed by atoms with Crippen molar-refractivity contribution in [1.29, 1.82) is 0 Å². The molecule has 4 rings (SSSR count). The van der Waals surface area contributed by atoms with Crippen LogP contribution >= 0.6 is 15.9 Å². The summed E-state index contributed by atoms with van der Waals surface area (Å²) in [6, 6.07) is 12.4. The number of carbonyl (C=O) groups is 3. The van der Waals surface area contributed by atoms with E-state index in [9.17, 15) is 14.4 Å². The van der Waals surface area contributed by atoms with E-state index in [-0.39, 0.29) is 5.91 Å². The van der Waals surface area contributed by atoms with Gasteiger partial charge in [0.2, 0.25) is 11.8 Å². The maximum atomic E-state index is 13.1. The summed E-state index contributed by atoms with van der Waals surface area (Å²) in [6.45, 7) is 3.69. The number of hydrogen-bond donors (Lipinski definition) is 0. The monoisotopic (exact) mass is 413 g/mol. The largest absolute Gasteiger partial charge is 0.426 e. The molecule has 3 atom stereocenters. The lowest BCUT2D eigenvalue weighted by Crippen LogP contribution is -2.57. The van der Waals surface area contributed by atoms with E-state index in [1.807, 2.05) is 25.1 Å². The van der Waals surface area contributed by atoms with Crippen molar-refractivity contribution in [2.45, 2.75) is 19.8 Å². The fourth-order valence-corrected chi connectivity index (χ4v) is 4.12. The molecule has 132 valence electrons. The van der Waals surface area contributed by atoms with E-state index in [1.165, 1.54) is 0 Å². The van der Waals surface area contributed by atoms with Crippen molar-refractivity contribution >= 4 is 39.4 Å². The standard InChI is InChI=1S/C20H16BrNO4/c1-10-3-6-13(7-4-10)22-18(23)11(2)16-14-9-12(21)5-8-15(14)26-20(25)17(16)19(22)24/h3-9,11,16-17H,1-2H3/t11-,16+,17-/m0/s1. The fraction of sp³-hybridized carbons (Fsp3) is 0.250. The van der Waals surface area contributed by atoms with Gasteiger partial charge in [0.1, 0.15) is 11.7 Å². The van der Waals surface area contributed by atoms with Crippen molar-refractivity contribution in [3.63, 3.8) is 0 Å². The number of fused-ring (bicyclic) bond motifs is 3. The molecule has 0 radical (unpaired) electrons. The number of esters is 1. The summed E-state index contributed by atoms with van der Waals surface area (Å²) in [5, 5.41) is 0. The van der Waals surface area contributed by atoms with Crippen molar-refractivity contribution in [2.75, 3.05) is 4.90 Å². The first-order chi connectivity index (χ1) is 12.4. The SMILES string of the molecule is Cc1ccc(N2C(=O)[C@H]3C(=O)Oc4ccc(Br)cc4[C@H]3[C@H](C)C2=O)cc1. The first kappa shape index (κ1) is 17.0. The Balaban J connectivity index is 1.82. The molecule has 26 heavy (non-hydrogen) atoms. The molecule has 2 aliphatic rings. The molecule has 2 aliphatic heterocycles. The maximum Gasteiger partial charge on any atom is 0.324 e. The molecule has 6 heteroatoms. The molecule has 1 fully saturated rings. The van der Waals surface area contributed by atoms with Gasteiger partial charge in [-0.25, -0.2) is 4.90 Å². The summed E-state index contributed by atoms with van der Waals surface area (Å²) in [5.74, 6) is -3.10. The number of rotatable bonds is 1. The highest BCUT2D eigenvalue weighted by Crippen LogP contribution is 2.47. The van der Waals surface area contributed by atoms with Crippen LogP contribution in [-0.4, -0.2) is 17.8 Å². The first-order valence-corrected chi connectivity index (χ1v) is 9.13. The van der Waals surface area contributed by atoms with Gasteiger partial charge >= 0.3 is 5.97 Å². The molecule has 0 spiro atoms. The molecule has 2 amide bonds. The molecule has 0 unspecified atom stereocenters. The molecule has 5 nitrogen and oxygen atoms in total. The maximum absolute atomic E-state index is 13.1. The third-order valence-electron chi connectivity index (χ3n) is 5.08. The van der Waals surface area contributed by atoms with Gasteiger partial charge in [-0.2, -0.15) is 0 Å². The van der Waals surface area contributed by atoms with Gasteiger partial charge in [-0.05, 0) is 37.3 Å². The molecule has 0 saturated carbocycles. The normalized spacial score (nSPS) is 24.8. The summed E-state index contributed by atoms with van der Waals surface area (Å²) in [5.41, 5.74) is 2.21. The lowest BCUT2D eigenvalue weighted by atomic mass is 9.72. The highest BCUT2D eigenvalue weighted by atomic mass is 79.9. The van der Waals surface area contributed by atoms with Crippen molar-refractivity contribution < 1.29 is 19.1 Å². The molecule has 0 bridgehead atoms.